The van der Waals surface area contributed by atoms with Crippen molar-refractivity contribution in [2.45, 2.75) is 25.8 Å². The summed E-state index contributed by atoms with van der Waals surface area (Å²) in [6.07, 6.45) is 3.18. The summed E-state index contributed by atoms with van der Waals surface area (Å²) < 4.78 is 0. The first-order valence-corrected chi connectivity index (χ1v) is 6.62. The van der Waals surface area contributed by atoms with E-state index >= 15 is 0 Å². The Labute approximate surface area is 103 Å². The van der Waals surface area contributed by atoms with E-state index in [2.05, 4.69) is 35.2 Å². The summed E-state index contributed by atoms with van der Waals surface area (Å²) in [5, 5.41) is 0. The number of ketones is 1. The van der Waals surface area contributed by atoms with Crippen LogP contribution in [0, 0.1) is 11.8 Å². The number of benzene rings is 1. The van der Waals surface area contributed by atoms with E-state index in [0.29, 0.717) is 17.6 Å². The molecule has 2 aliphatic rings. The van der Waals surface area contributed by atoms with Gasteiger partial charge in [0.2, 0.25) is 0 Å². The molecule has 0 amide bonds. The zero-order valence-corrected chi connectivity index (χ0v) is 10.1. The van der Waals surface area contributed by atoms with Gasteiger partial charge in [0.05, 0.1) is 0 Å². The monoisotopic (exact) mass is 229 g/mol. The average molecular weight is 229 g/mol. The van der Waals surface area contributed by atoms with E-state index < -0.39 is 0 Å². The second-order valence-electron chi connectivity index (χ2n) is 5.40. The van der Waals surface area contributed by atoms with E-state index in [4.69, 9.17) is 0 Å². The Bertz CT molecular complexity index is 401. The normalized spacial score (nSPS) is 29.3. The van der Waals surface area contributed by atoms with Crippen molar-refractivity contribution in [3.05, 3.63) is 35.9 Å². The number of likely N-dealkylation sites (tertiary alicyclic amines) is 1. The molecule has 1 heterocycles. The molecule has 0 aromatic heterocycles. The molecule has 2 nitrogen and oxygen atoms in total. The molecule has 1 saturated heterocycles. The minimum absolute atomic E-state index is 0.340. The third-order valence-electron chi connectivity index (χ3n) is 4.18. The van der Waals surface area contributed by atoms with Crippen LogP contribution in [-0.2, 0) is 11.3 Å². The topological polar surface area (TPSA) is 20.3 Å². The highest BCUT2D eigenvalue weighted by molar-refractivity contribution is 5.82. The van der Waals surface area contributed by atoms with Gasteiger partial charge >= 0.3 is 0 Å². The van der Waals surface area contributed by atoms with Crippen molar-refractivity contribution in [1.29, 1.82) is 0 Å². The molecule has 1 aromatic rings. The number of fused-ring (bicyclic) bond motifs is 1. The number of carbonyl (C=O) groups excluding carboxylic acids is 1. The summed E-state index contributed by atoms with van der Waals surface area (Å²) in [5.41, 5.74) is 1.36. The number of rotatable bonds is 2. The van der Waals surface area contributed by atoms with E-state index in [1.165, 1.54) is 12.0 Å². The van der Waals surface area contributed by atoms with Crippen molar-refractivity contribution in [1.82, 2.24) is 4.90 Å². The quantitative estimate of drug-likeness (QED) is 0.776. The maximum atomic E-state index is 11.8. The third-order valence-corrected chi connectivity index (χ3v) is 4.18. The molecule has 1 unspecified atom stereocenters. The van der Waals surface area contributed by atoms with E-state index in [-0.39, 0.29) is 0 Å². The number of hydrogen-bond acceptors (Lipinski definition) is 2. The molecule has 1 saturated carbocycles. The van der Waals surface area contributed by atoms with Gasteiger partial charge in [0.25, 0.3) is 0 Å². The van der Waals surface area contributed by atoms with Crippen molar-refractivity contribution in [3.8, 4) is 0 Å². The largest absolute Gasteiger partial charge is 0.299 e. The van der Waals surface area contributed by atoms with Crippen LogP contribution in [0.5, 0.6) is 0 Å². The first-order chi connectivity index (χ1) is 8.33. The SMILES string of the molecule is O=C1CCCC2CN(Cc3ccccc3)C[C@@H]12. The lowest BCUT2D eigenvalue weighted by Crippen LogP contribution is -2.27. The maximum Gasteiger partial charge on any atom is 0.137 e. The molecule has 1 aromatic carbocycles. The molecule has 2 atom stereocenters. The highest BCUT2D eigenvalue weighted by Crippen LogP contribution is 2.34. The molecule has 3 rings (SSSR count). The summed E-state index contributed by atoms with van der Waals surface area (Å²) in [5.74, 6) is 1.49. The summed E-state index contributed by atoms with van der Waals surface area (Å²) in [6.45, 7) is 3.10. The van der Waals surface area contributed by atoms with E-state index in [1.54, 1.807) is 0 Å². The molecular weight excluding hydrogens is 210 g/mol. The first kappa shape index (κ1) is 11.0. The molecule has 0 spiro atoms. The lowest BCUT2D eigenvalue weighted by Gasteiger charge is -2.21. The standard InChI is InChI=1S/C15H19NO/c17-15-8-4-7-13-10-16(11-14(13)15)9-12-5-2-1-3-6-12/h1-3,5-6,13-14H,4,7-11H2/t13?,14-/m1/s1. The first-order valence-electron chi connectivity index (χ1n) is 6.62. The molecule has 0 bridgehead atoms. The van der Waals surface area contributed by atoms with Gasteiger partial charge in [-0.3, -0.25) is 9.69 Å². The fourth-order valence-corrected chi connectivity index (χ4v) is 3.31. The molecular formula is C15H19NO. The van der Waals surface area contributed by atoms with Crippen molar-refractivity contribution >= 4 is 5.78 Å². The van der Waals surface area contributed by atoms with Gasteiger partial charge in [0.15, 0.2) is 0 Å². The summed E-state index contributed by atoms with van der Waals surface area (Å²) in [6, 6.07) is 10.6. The molecule has 0 radical (unpaired) electrons. The van der Waals surface area contributed by atoms with Crippen LogP contribution in [0.25, 0.3) is 0 Å². The Morgan fingerprint density at radius 1 is 1.18 bits per heavy atom. The summed E-state index contributed by atoms with van der Waals surface area (Å²) in [7, 11) is 0. The molecule has 1 aliphatic heterocycles. The van der Waals surface area contributed by atoms with Crippen LogP contribution in [0.4, 0.5) is 0 Å². The number of carbonyl (C=O) groups is 1. The molecule has 2 heteroatoms. The minimum Gasteiger partial charge on any atom is -0.299 e. The third kappa shape index (κ3) is 2.27. The minimum atomic E-state index is 0.340. The predicted octanol–water partition coefficient (Wildman–Crippen LogP) is 2.49. The Kier molecular flexibility index (Phi) is 2.98. The van der Waals surface area contributed by atoms with Crippen LogP contribution in [0.2, 0.25) is 0 Å². The molecule has 1 aliphatic carbocycles. The number of Topliss-reactive ketones (excluding diaryl/α,β-unsaturated/α-hetero) is 1. The second-order valence-corrected chi connectivity index (χ2v) is 5.40. The van der Waals surface area contributed by atoms with Crippen LogP contribution < -0.4 is 0 Å². The Morgan fingerprint density at radius 3 is 2.76 bits per heavy atom. The van der Waals surface area contributed by atoms with Crippen LogP contribution >= 0.6 is 0 Å². The van der Waals surface area contributed by atoms with Crippen molar-refractivity contribution < 1.29 is 4.79 Å². The fourth-order valence-electron chi connectivity index (χ4n) is 3.31. The van der Waals surface area contributed by atoms with Crippen LogP contribution in [0.3, 0.4) is 0 Å². The van der Waals surface area contributed by atoms with Gasteiger partial charge in [-0.05, 0) is 24.3 Å². The highest BCUT2D eigenvalue weighted by Gasteiger charge is 2.38. The maximum absolute atomic E-state index is 11.8. The summed E-state index contributed by atoms with van der Waals surface area (Å²) >= 11 is 0. The Hall–Kier alpha value is -1.15. The highest BCUT2D eigenvalue weighted by atomic mass is 16.1. The number of hydrogen-bond donors (Lipinski definition) is 0. The van der Waals surface area contributed by atoms with Crippen LogP contribution in [-0.4, -0.2) is 23.8 Å². The second kappa shape index (κ2) is 4.61. The smallest absolute Gasteiger partial charge is 0.137 e. The van der Waals surface area contributed by atoms with Crippen molar-refractivity contribution in [3.63, 3.8) is 0 Å². The summed E-state index contributed by atoms with van der Waals surface area (Å²) in [4.78, 5) is 14.3. The van der Waals surface area contributed by atoms with Gasteiger partial charge in [0, 0.05) is 32.0 Å². The van der Waals surface area contributed by atoms with E-state index in [0.717, 1.165) is 32.5 Å². The molecule has 17 heavy (non-hydrogen) atoms. The van der Waals surface area contributed by atoms with Gasteiger partial charge in [-0.2, -0.15) is 0 Å². The molecule has 2 fully saturated rings. The average Bonchev–Trinajstić information content (AvgIpc) is 2.74. The number of nitrogens with zero attached hydrogens (tertiary/aromatic N) is 1. The molecule has 0 N–H and O–H groups in total. The van der Waals surface area contributed by atoms with Gasteiger partial charge in [-0.1, -0.05) is 30.3 Å². The van der Waals surface area contributed by atoms with Crippen LogP contribution in [0.15, 0.2) is 30.3 Å². The molecule has 90 valence electrons. The van der Waals surface area contributed by atoms with E-state index in [1.807, 2.05) is 0 Å². The van der Waals surface area contributed by atoms with Crippen LogP contribution in [0.1, 0.15) is 24.8 Å². The van der Waals surface area contributed by atoms with Crippen molar-refractivity contribution in [2.24, 2.45) is 11.8 Å². The van der Waals surface area contributed by atoms with E-state index in [9.17, 15) is 4.79 Å². The van der Waals surface area contributed by atoms with Crippen molar-refractivity contribution in [2.75, 3.05) is 13.1 Å². The lowest BCUT2D eigenvalue weighted by atomic mass is 9.81. The lowest BCUT2D eigenvalue weighted by molar-refractivity contribution is -0.125. The zero-order chi connectivity index (χ0) is 11.7. The van der Waals surface area contributed by atoms with Gasteiger partial charge in [-0.15, -0.1) is 0 Å². The van der Waals surface area contributed by atoms with Gasteiger partial charge in [-0.25, -0.2) is 0 Å². The Balaban J connectivity index is 1.66. The predicted molar refractivity (Wildman–Crippen MR) is 67.6 cm³/mol. The van der Waals surface area contributed by atoms with Gasteiger partial charge in [0.1, 0.15) is 5.78 Å². The van der Waals surface area contributed by atoms with Gasteiger partial charge < -0.3 is 0 Å². The Morgan fingerprint density at radius 2 is 2.00 bits per heavy atom. The fraction of sp³-hybridized carbons (Fsp3) is 0.533. The zero-order valence-electron chi connectivity index (χ0n) is 10.1.